The first-order chi connectivity index (χ1) is 10.3. The van der Waals surface area contributed by atoms with Crippen LogP contribution in [0.25, 0.3) is 22.7 Å². The minimum atomic E-state index is 0.425. The average Bonchev–Trinajstić information content (AvgIpc) is 3.21. The lowest BCUT2D eigenvalue weighted by Crippen LogP contribution is -1.96. The van der Waals surface area contributed by atoms with Crippen LogP contribution >= 0.6 is 0 Å². The van der Waals surface area contributed by atoms with Crippen LogP contribution in [-0.2, 0) is 6.42 Å². The van der Waals surface area contributed by atoms with Gasteiger partial charge in [0.25, 0.3) is 0 Å². The molecule has 10 nitrogen and oxygen atoms in total. The molecular formula is C11H10N10. The molecule has 4 rings (SSSR count). The summed E-state index contributed by atoms with van der Waals surface area (Å²) in [6, 6.07) is 4.00. The number of hydrogen-bond acceptors (Lipinski definition) is 7. The molecule has 10 heteroatoms. The molecule has 0 bridgehead atoms. The molecule has 1 aromatic carbocycles. The monoisotopic (exact) mass is 282 g/mol. The quantitative estimate of drug-likeness (QED) is 0.486. The van der Waals surface area contributed by atoms with E-state index >= 15 is 0 Å². The summed E-state index contributed by atoms with van der Waals surface area (Å²) >= 11 is 0. The van der Waals surface area contributed by atoms with E-state index in [0.29, 0.717) is 23.9 Å². The van der Waals surface area contributed by atoms with Crippen LogP contribution in [-0.4, -0.2) is 51.2 Å². The van der Waals surface area contributed by atoms with Crippen LogP contribution in [0.5, 0.6) is 0 Å². The standard InChI is InChI=1S/C11H10N10/c1-5-2-3-7-9(6(5)4-8-14-18-19-15-8)13-10(12-7)11-16-20-21-17-11/h2-3H,4H2,1H3,(H,12,13)(H,14,15,18,19)(H,16,17,20,21). The molecule has 0 fully saturated rings. The highest BCUT2D eigenvalue weighted by Crippen LogP contribution is 2.24. The largest absolute Gasteiger partial charge is 0.335 e. The van der Waals surface area contributed by atoms with E-state index in [9.17, 15) is 0 Å². The Labute approximate surface area is 117 Å². The van der Waals surface area contributed by atoms with Gasteiger partial charge in [-0.05, 0) is 29.3 Å². The van der Waals surface area contributed by atoms with Crippen LogP contribution in [0.1, 0.15) is 17.0 Å². The second kappa shape index (κ2) is 4.44. The Bertz CT molecular complexity index is 873. The Morgan fingerprint density at radius 1 is 1.05 bits per heavy atom. The molecule has 0 aliphatic rings. The van der Waals surface area contributed by atoms with Crippen molar-refractivity contribution in [1.82, 2.24) is 51.2 Å². The first-order valence-electron chi connectivity index (χ1n) is 6.25. The summed E-state index contributed by atoms with van der Waals surface area (Å²) in [5, 5.41) is 27.8. The van der Waals surface area contributed by atoms with Gasteiger partial charge in [0.15, 0.2) is 11.6 Å². The zero-order valence-corrected chi connectivity index (χ0v) is 11.0. The number of tetrazole rings is 2. The maximum atomic E-state index is 4.57. The fourth-order valence-corrected chi connectivity index (χ4v) is 2.24. The van der Waals surface area contributed by atoms with Crippen LogP contribution in [0.15, 0.2) is 12.1 Å². The van der Waals surface area contributed by atoms with Crippen molar-refractivity contribution < 1.29 is 0 Å². The van der Waals surface area contributed by atoms with Crippen molar-refractivity contribution in [3.05, 3.63) is 29.1 Å². The number of hydrogen-bond donors (Lipinski definition) is 3. The number of aryl methyl sites for hydroxylation is 1. The van der Waals surface area contributed by atoms with Crippen molar-refractivity contribution in [2.24, 2.45) is 0 Å². The number of fused-ring (bicyclic) bond motifs is 1. The zero-order valence-electron chi connectivity index (χ0n) is 11.0. The number of nitrogens with one attached hydrogen (secondary N) is 3. The van der Waals surface area contributed by atoms with Crippen molar-refractivity contribution >= 4 is 11.0 Å². The summed E-state index contributed by atoms with van der Waals surface area (Å²) in [7, 11) is 0. The number of H-pyrrole nitrogens is 3. The zero-order chi connectivity index (χ0) is 14.2. The minimum absolute atomic E-state index is 0.425. The van der Waals surface area contributed by atoms with Gasteiger partial charge in [0.05, 0.1) is 11.0 Å². The fraction of sp³-hybridized carbons (Fsp3) is 0.182. The van der Waals surface area contributed by atoms with Gasteiger partial charge in [-0.25, -0.2) is 4.98 Å². The number of imidazole rings is 1. The van der Waals surface area contributed by atoms with E-state index in [1.807, 2.05) is 19.1 Å². The fourth-order valence-electron chi connectivity index (χ4n) is 2.24. The molecule has 0 unspecified atom stereocenters. The molecule has 0 radical (unpaired) electrons. The second-order valence-corrected chi connectivity index (χ2v) is 4.58. The summed E-state index contributed by atoms with van der Waals surface area (Å²) in [6.45, 7) is 2.03. The molecule has 3 aromatic heterocycles. The van der Waals surface area contributed by atoms with E-state index in [-0.39, 0.29) is 0 Å². The molecule has 0 atom stereocenters. The van der Waals surface area contributed by atoms with Crippen molar-refractivity contribution in [1.29, 1.82) is 0 Å². The van der Waals surface area contributed by atoms with Gasteiger partial charge in [-0.3, -0.25) is 0 Å². The lowest BCUT2D eigenvalue weighted by atomic mass is 10.0. The molecule has 0 spiro atoms. The molecule has 3 N–H and O–H groups in total. The highest BCUT2D eigenvalue weighted by molar-refractivity contribution is 5.83. The number of benzene rings is 1. The van der Waals surface area contributed by atoms with E-state index < -0.39 is 0 Å². The minimum Gasteiger partial charge on any atom is -0.335 e. The van der Waals surface area contributed by atoms with E-state index in [1.54, 1.807) is 0 Å². The van der Waals surface area contributed by atoms with Crippen LogP contribution in [0.4, 0.5) is 0 Å². The Kier molecular flexibility index (Phi) is 2.46. The number of rotatable bonds is 3. The molecule has 0 aliphatic heterocycles. The Morgan fingerprint density at radius 3 is 2.67 bits per heavy atom. The second-order valence-electron chi connectivity index (χ2n) is 4.58. The Morgan fingerprint density at radius 2 is 1.90 bits per heavy atom. The van der Waals surface area contributed by atoms with Crippen molar-refractivity contribution in [2.45, 2.75) is 13.3 Å². The van der Waals surface area contributed by atoms with Crippen molar-refractivity contribution in [3.8, 4) is 11.6 Å². The smallest absolute Gasteiger partial charge is 0.239 e. The normalized spacial score (nSPS) is 11.3. The van der Waals surface area contributed by atoms with Crippen LogP contribution in [0.2, 0.25) is 0 Å². The third-order valence-corrected chi connectivity index (χ3v) is 3.27. The first kappa shape index (κ1) is 11.6. The lowest BCUT2D eigenvalue weighted by molar-refractivity contribution is 0.881. The van der Waals surface area contributed by atoms with E-state index in [0.717, 1.165) is 22.2 Å². The summed E-state index contributed by atoms with van der Waals surface area (Å²) in [4.78, 5) is 7.75. The van der Waals surface area contributed by atoms with Crippen molar-refractivity contribution in [2.75, 3.05) is 0 Å². The van der Waals surface area contributed by atoms with Crippen LogP contribution < -0.4 is 0 Å². The van der Waals surface area contributed by atoms with Crippen molar-refractivity contribution in [3.63, 3.8) is 0 Å². The predicted molar refractivity (Wildman–Crippen MR) is 71.0 cm³/mol. The highest BCUT2D eigenvalue weighted by atomic mass is 15.5. The van der Waals surface area contributed by atoms with Crippen LogP contribution in [0.3, 0.4) is 0 Å². The van der Waals surface area contributed by atoms with Gasteiger partial charge in [0.1, 0.15) is 0 Å². The molecule has 0 saturated heterocycles. The predicted octanol–water partition coefficient (Wildman–Crippen LogP) is 0.155. The van der Waals surface area contributed by atoms with Gasteiger partial charge in [0.2, 0.25) is 5.82 Å². The Hall–Kier alpha value is -3.17. The maximum Gasteiger partial charge on any atom is 0.239 e. The van der Waals surface area contributed by atoms with E-state index in [2.05, 4.69) is 51.2 Å². The molecule has 0 aliphatic carbocycles. The average molecular weight is 282 g/mol. The van der Waals surface area contributed by atoms with E-state index in [4.69, 9.17) is 0 Å². The van der Waals surface area contributed by atoms with Gasteiger partial charge < -0.3 is 4.98 Å². The first-order valence-corrected chi connectivity index (χ1v) is 6.25. The molecule has 0 saturated carbocycles. The topological polar surface area (TPSA) is 138 Å². The summed E-state index contributed by atoms with van der Waals surface area (Å²) < 4.78 is 0. The molecule has 3 heterocycles. The summed E-state index contributed by atoms with van der Waals surface area (Å²) in [5.74, 6) is 1.61. The van der Waals surface area contributed by atoms with Gasteiger partial charge in [-0.2, -0.15) is 10.4 Å². The highest BCUT2D eigenvalue weighted by Gasteiger charge is 2.15. The molecule has 21 heavy (non-hydrogen) atoms. The van der Waals surface area contributed by atoms with Gasteiger partial charge in [-0.15, -0.1) is 20.4 Å². The molecule has 0 amide bonds. The summed E-state index contributed by atoms with van der Waals surface area (Å²) in [6.07, 6.45) is 0.552. The molecule has 104 valence electrons. The summed E-state index contributed by atoms with van der Waals surface area (Å²) in [5.41, 5.74) is 3.90. The number of aromatic nitrogens is 10. The molecular weight excluding hydrogens is 272 g/mol. The number of aromatic amines is 3. The van der Waals surface area contributed by atoms with Gasteiger partial charge in [-0.1, -0.05) is 11.3 Å². The lowest BCUT2D eigenvalue weighted by Gasteiger charge is -2.03. The SMILES string of the molecule is Cc1ccc2[nH]c(-c3nn[nH]n3)nc2c1Cc1nn[nH]n1. The number of nitrogens with zero attached hydrogens (tertiary/aromatic N) is 7. The third kappa shape index (κ3) is 1.93. The maximum absolute atomic E-state index is 4.57. The van der Waals surface area contributed by atoms with E-state index in [1.165, 1.54) is 0 Å². The molecule has 4 aromatic rings. The van der Waals surface area contributed by atoms with Gasteiger partial charge >= 0.3 is 0 Å². The van der Waals surface area contributed by atoms with Gasteiger partial charge in [0, 0.05) is 6.42 Å². The Balaban J connectivity index is 1.86. The van der Waals surface area contributed by atoms with Crippen LogP contribution in [0, 0.1) is 6.92 Å². The third-order valence-electron chi connectivity index (χ3n) is 3.27.